The highest BCUT2D eigenvalue weighted by Crippen LogP contribution is 2.08. The number of rotatable bonds is 3. The van der Waals surface area contributed by atoms with Gasteiger partial charge in [-0.2, -0.15) is 0 Å². The maximum absolute atomic E-state index is 8.62. The van der Waals surface area contributed by atoms with E-state index in [-0.39, 0.29) is 5.84 Å². The fourth-order valence-corrected chi connectivity index (χ4v) is 1.05. The first-order valence-electron chi connectivity index (χ1n) is 4.64. The van der Waals surface area contributed by atoms with Crippen LogP contribution in [0.25, 0.3) is 0 Å². The van der Waals surface area contributed by atoms with Crippen molar-refractivity contribution in [1.29, 1.82) is 5.41 Å². The van der Waals surface area contributed by atoms with Crippen LogP contribution in [-0.2, 0) is 0 Å². The summed E-state index contributed by atoms with van der Waals surface area (Å²) in [7, 11) is 1.87. The summed E-state index contributed by atoms with van der Waals surface area (Å²) in [6, 6.07) is 1.64. The van der Waals surface area contributed by atoms with Gasteiger partial charge >= 0.3 is 0 Å². The van der Waals surface area contributed by atoms with E-state index in [9.17, 15) is 0 Å². The average molecular weight is 209 g/mol. The number of nitrogens with one attached hydrogen (secondary N) is 2. The molecule has 1 aromatic heterocycles. The van der Waals surface area contributed by atoms with Crippen LogP contribution < -0.4 is 10.4 Å². The molecule has 6 heteroatoms. The first-order chi connectivity index (χ1) is 7.08. The van der Waals surface area contributed by atoms with Gasteiger partial charge in [0, 0.05) is 19.3 Å². The van der Waals surface area contributed by atoms with E-state index in [1.54, 1.807) is 11.5 Å². The van der Waals surface area contributed by atoms with Gasteiger partial charge in [-0.25, -0.2) is 9.97 Å². The van der Waals surface area contributed by atoms with Crippen LogP contribution in [0.3, 0.4) is 0 Å². The number of anilines is 1. The maximum Gasteiger partial charge on any atom is 0.225 e. The van der Waals surface area contributed by atoms with Crippen molar-refractivity contribution in [3.05, 3.63) is 17.5 Å². The summed E-state index contributed by atoms with van der Waals surface area (Å²) in [5.41, 5.74) is 2.90. The summed E-state index contributed by atoms with van der Waals surface area (Å²) in [6.07, 6.45) is 0. The van der Waals surface area contributed by atoms with Gasteiger partial charge in [-0.05, 0) is 19.9 Å². The van der Waals surface area contributed by atoms with E-state index in [4.69, 9.17) is 10.6 Å². The van der Waals surface area contributed by atoms with Crippen molar-refractivity contribution >= 4 is 11.8 Å². The SMILES string of the molecule is CCN(C)c1nc(C)cc(C(=N)NO)n1. The summed E-state index contributed by atoms with van der Waals surface area (Å²) in [6.45, 7) is 4.59. The van der Waals surface area contributed by atoms with E-state index in [1.165, 1.54) is 0 Å². The minimum Gasteiger partial charge on any atom is -0.344 e. The Hall–Kier alpha value is -1.69. The van der Waals surface area contributed by atoms with E-state index < -0.39 is 0 Å². The quantitative estimate of drug-likeness (QED) is 0.384. The van der Waals surface area contributed by atoms with Crippen molar-refractivity contribution in [2.45, 2.75) is 13.8 Å². The van der Waals surface area contributed by atoms with Gasteiger partial charge in [0.05, 0.1) is 0 Å². The zero-order valence-electron chi connectivity index (χ0n) is 9.07. The number of hydrogen-bond donors (Lipinski definition) is 3. The molecule has 0 aliphatic rings. The lowest BCUT2D eigenvalue weighted by molar-refractivity contribution is 0.234. The molecule has 0 spiro atoms. The van der Waals surface area contributed by atoms with Crippen LogP contribution in [0.4, 0.5) is 5.95 Å². The van der Waals surface area contributed by atoms with Gasteiger partial charge in [-0.1, -0.05) is 0 Å². The smallest absolute Gasteiger partial charge is 0.225 e. The third-order valence-corrected chi connectivity index (χ3v) is 2.03. The maximum atomic E-state index is 8.62. The first-order valence-corrected chi connectivity index (χ1v) is 4.64. The molecule has 1 rings (SSSR count). The highest BCUT2D eigenvalue weighted by molar-refractivity contribution is 5.93. The minimum absolute atomic E-state index is 0.133. The Labute approximate surface area is 88.4 Å². The topological polar surface area (TPSA) is 85.1 Å². The molecule has 0 bridgehead atoms. The van der Waals surface area contributed by atoms with Gasteiger partial charge in [0.25, 0.3) is 0 Å². The van der Waals surface area contributed by atoms with Gasteiger partial charge in [-0.15, -0.1) is 0 Å². The summed E-state index contributed by atoms with van der Waals surface area (Å²) in [5.74, 6) is 0.416. The van der Waals surface area contributed by atoms with Gasteiger partial charge in [0.1, 0.15) is 5.69 Å². The number of hydrogen-bond acceptors (Lipinski definition) is 5. The molecule has 0 radical (unpaired) electrons. The molecular weight excluding hydrogens is 194 g/mol. The van der Waals surface area contributed by atoms with Crippen LogP contribution in [-0.4, -0.2) is 34.6 Å². The highest BCUT2D eigenvalue weighted by Gasteiger charge is 2.08. The predicted molar refractivity (Wildman–Crippen MR) is 57.5 cm³/mol. The molecule has 0 aliphatic carbocycles. The van der Waals surface area contributed by atoms with E-state index in [0.717, 1.165) is 12.2 Å². The summed E-state index contributed by atoms with van der Waals surface area (Å²) in [5, 5.41) is 16.0. The van der Waals surface area contributed by atoms with Crippen LogP contribution in [0.5, 0.6) is 0 Å². The zero-order valence-corrected chi connectivity index (χ0v) is 9.07. The van der Waals surface area contributed by atoms with E-state index >= 15 is 0 Å². The molecule has 0 atom stereocenters. The summed E-state index contributed by atoms with van der Waals surface area (Å²) < 4.78 is 0. The molecule has 0 saturated carbocycles. The van der Waals surface area contributed by atoms with Crippen LogP contribution in [0.1, 0.15) is 18.3 Å². The number of amidine groups is 1. The van der Waals surface area contributed by atoms with Gasteiger partial charge in [-0.3, -0.25) is 16.1 Å². The number of aromatic nitrogens is 2. The number of hydroxylamine groups is 1. The van der Waals surface area contributed by atoms with Crippen molar-refractivity contribution in [3.8, 4) is 0 Å². The summed E-state index contributed by atoms with van der Waals surface area (Å²) in [4.78, 5) is 10.2. The molecule has 0 aromatic carbocycles. The lowest BCUT2D eigenvalue weighted by Gasteiger charge is -2.15. The van der Waals surface area contributed by atoms with Crippen molar-refractivity contribution in [2.75, 3.05) is 18.5 Å². The predicted octanol–water partition coefficient (Wildman–Crippen LogP) is 0.545. The monoisotopic (exact) mass is 209 g/mol. The Kier molecular flexibility index (Phi) is 3.56. The van der Waals surface area contributed by atoms with Crippen LogP contribution >= 0.6 is 0 Å². The van der Waals surface area contributed by atoms with Gasteiger partial charge in [0.2, 0.25) is 5.95 Å². The van der Waals surface area contributed by atoms with Crippen molar-refractivity contribution < 1.29 is 5.21 Å². The molecule has 0 fully saturated rings. The highest BCUT2D eigenvalue weighted by atomic mass is 16.5. The Morgan fingerprint density at radius 2 is 2.27 bits per heavy atom. The number of nitrogens with zero attached hydrogens (tertiary/aromatic N) is 3. The second-order valence-corrected chi connectivity index (χ2v) is 3.20. The lowest BCUT2D eigenvalue weighted by Crippen LogP contribution is -2.24. The molecule has 15 heavy (non-hydrogen) atoms. The third-order valence-electron chi connectivity index (χ3n) is 2.03. The second-order valence-electron chi connectivity index (χ2n) is 3.20. The van der Waals surface area contributed by atoms with Gasteiger partial charge in [0.15, 0.2) is 5.84 Å². The fourth-order valence-electron chi connectivity index (χ4n) is 1.05. The fraction of sp³-hybridized carbons (Fsp3) is 0.444. The first kappa shape index (κ1) is 11.4. The van der Waals surface area contributed by atoms with E-state index in [2.05, 4.69) is 9.97 Å². The van der Waals surface area contributed by atoms with E-state index in [1.807, 2.05) is 25.8 Å². The molecule has 82 valence electrons. The largest absolute Gasteiger partial charge is 0.344 e. The molecule has 1 aromatic rings. The Morgan fingerprint density at radius 1 is 1.60 bits per heavy atom. The van der Waals surface area contributed by atoms with Crippen LogP contribution in [0.2, 0.25) is 0 Å². The zero-order chi connectivity index (χ0) is 11.4. The Morgan fingerprint density at radius 3 is 2.80 bits per heavy atom. The summed E-state index contributed by atoms with van der Waals surface area (Å²) >= 11 is 0. The third kappa shape index (κ3) is 2.63. The van der Waals surface area contributed by atoms with Crippen LogP contribution in [0.15, 0.2) is 6.07 Å². The standard InChI is InChI=1S/C9H15N5O/c1-4-14(3)9-11-6(2)5-7(12-9)8(10)13-15/h5,15H,4H2,1-3H3,(H2,10,13). The Balaban J connectivity index is 3.10. The lowest BCUT2D eigenvalue weighted by atomic mass is 10.3. The normalized spacial score (nSPS) is 9.87. The minimum atomic E-state index is -0.133. The second kappa shape index (κ2) is 4.70. The van der Waals surface area contributed by atoms with Crippen LogP contribution in [0, 0.1) is 12.3 Å². The van der Waals surface area contributed by atoms with E-state index in [0.29, 0.717) is 11.6 Å². The molecule has 6 nitrogen and oxygen atoms in total. The Bertz CT molecular complexity index is 366. The number of aryl methyl sites for hydroxylation is 1. The van der Waals surface area contributed by atoms with Gasteiger partial charge < -0.3 is 4.90 Å². The molecule has 3 N–H and O–H groups in total. The van der Waals surface area contributed by atoms with Crippen molar-refractivity contribution in [2.24, 2.45) is 0 Å². The molecule has 0 saturated heterocycles. The molecule has 0 amide bonds. The molecule has 0 aliphatic heterocycles. The average Bonchev–Trinajstić information content (AvgIpc) is 2.26. The molecular formula is C9H15N5O. The molecule has 1 heterocycles. The van der Waals surface area contributed by atoms with Crippen molar-refractivity contribution in [1.82, 2.24) is 15.4 Å². The van der Waals surface area contributed by atoms with Crippen molar-refractivity contribution in [3.63, 3.8) is 0 Å². The molecule has 0 unspecified atom stereocenters.